The molecule has 0 saturated carbocycles. The van der Waals surface area contributed by atoms with E-state index in [1.54, 1.807) is 24.3 Å². The van der Waals surface area contributed by atoms with E-state index in [1.165, 1.54) is 0 Å². The molecule has 0 spiro atoms. The number of urea groups is 1. The molecule has 0 fully saturated rings. The normalized spacial score (nSPS) is 11.8. The second kappa shape index (κ2) is 8.40. The number of carbonyl (C=O) groups excluding carboxylic acids is 1. The third kappa shape index (κ3) is 5.03. The molecule has 0 aliphatic heterocycles. The summed E-state index contributed by atoms with van der Waals surface area (Å²) in [5.41, 5.74) is 1.44. The highest BCUT2D eigenvalue weighted by molar-refractivity contribution is 5.89. The van der Waals surface area contributed by atoms with Crippen molar-refractivity contribution in [3.05, 3.63) is 47.4 Å². The van der Waals surface area contributed by atoms with Crippen LogP contribution in [0.3, 0.4) is 0 Å². The van der Waals surface area contributed by atoms with Gasteiger partial charge >= 0.3 is 6.03 Å². The van der Waals surface area contributed by atoms with Crippen molar-refractivity contribution >= 4 is 11.7 Å². The van der Waals surface area contributed by atoms with Crippen LogP contribution in [-0.4, -0.2) is 24.3 Å². The van der Waals surface area contributed by atoms with Gasteiger partial charge in [-0.2, -0.15) is 0 Å². The van der Waals surface area contributed by atoms with Crippen LogP contribution < -0.4 is 15.4 Å². The topological polar surface area (TPSA) is 83.7 Å². The van der Waals surface area contributed by atoms with Crippen molar-refractivity contribution in [1.29, 1.82) is 0 Å². The minimum atomic E-state index is -0.659. The molecule has 6 heteroatoms. The number of carbonyl (C=O) groups is 1. The van der Waals surface area contributed by atoms with Crippen LogP contribution in [0, 0.1) is 13.8 Å². The third-order valence-corrected chi connectivity index (χ3v) is 3.56. The molecule has 1 aromatic heterocycles. The Kier molecular flexibility index (Phi) is 6.26. The second-order valence-corrected chi connectivity index (χ2v) is 5.51. The van der Waals surface area contributed by atoms with Gasteiger partial charge < -0.3 is 24.9 Å². The van der Waals surface area contributed by atoms with Crippen molar-refractivity contribution < 1.29 is 19.1 Å². The van der Waals surface area contributed by atoms with Crippen LogP contribution in [0.4, 0.5) is 10.5 Å². The number of furan rings is 1. The van der Waals surface area contributed by atoms with Crippen LogP contribution in [0.25, 0.3) is 0 Å². The first-order chi connectivity index (χ1) is 11.5. The van der Waals surface area contributed by atoms with Gasteiger partial charge in [0.15, 0.2) is 0 Å². The Balaban J connectivity index is 1.75. The molecule has 0 bridgehead atoms. The zero-order valence-electron chi connectivity index (χ0n) is 14.3. The molecule has 0 aliphatic carbocycles. The number of hydrogen-bond acceptors (Lipinski definition) is 4. The molecule has 2 aromatic rings. The van der Waals surface area contributed by atoms with Crippen molar-refractivity contribution in [1.82, 2.24) is 5.32 Å². The largest absolute Gasteiger partial charge is 0.494 e. The summed E-state index contributed by atoms with van der Waals surface area (Å²) >= 11 is 0. The van der Waals surface area contributed by atoms with Crippen LogP contribution in [0.1, 0.15) is 36.5 Å². The summed E-state index contributed by atoms with van der Waals surface area (Å²) in [6.07, 6.45) is -0.246. The van der Waals surface area contributed by atoms with Gasteiger partial charge in [0, 0.05) is 17.8 Å². The molecule has 1 heterocycles. The SMILES string of the molecule is CCOc1ccc(NC(=O)NCCC(O)c2cc(C)oc2C)cc1. The van der Waals surface area contributed by atoms with E-state index in [0.717, 1.165) is 17.1 Å². The summed E-state index contributed by atoms with van der Waals surface area (Å²) in [4.78, 5) is 11.9. The van der Waals surface area contributed by atoms with E-state index in [-0.39, 0.29) is 6.03 Å². The predicted molar refractivity (Wildman–Crippen MR) is 92.4 cm³/mol. The van der Waals surface area contributed by atoms with E-state index in [4.69, 9.17) is 9.15 Å². The molecule has 6 nitrogen and oxygen atoms in total. The number of anilines is 1. The highest BCUT2D eigenvalue weighted by atomic mass is 16.5. The summed E-state index contributed by atoms with van der Waals surface area (Å²) in [5, 5.41) is 15.6. The quantitative estimate of drug-likeness (QED) is 0.724. The van der Waals surface area contributed by atoms with Crippen molar-refractivity contribution in [2.75, 3.05) is 18.5 Å². The molecule has 0 aliphatic rings. The fourth-order valence-electron chi connectivity index (χ4n) is 2.44. The van der Waals surface area contributed by atoms with Crippen molar-refractivity contribution in [3.63, 3.8) is 0 Å². The van der Waals surface area contributed by atoms with Gasteiger partial charge in [0.2, 0.25) is 0 Å². The number of aliphatic hydroxyl groups is 1. The van der Waals surface area contributed by atoms with E-state index in [2.05, 4.69) is 10.6 Å². The first-order valence-corrected chi connectivity index (χ1v) is 8.02. The number of aryl methyl sites for hydroxylation is 2. The zero-order chi connectivity index (χ0) is 17.5. The van der Waals surface area contributed by atoms with E-state index in [0.29, 0.717) is 31.0 Å². The Labute approximate surface area is 141 Å². The number of aliphatic hydroxyl groups excluding tert-OH is 1. The van der Waals surface area contributed by atoms with Gasteiger partial charge in [-0.15, -0.1) is 0 Å². The van der Waals surface area contributed by atoms with E-state index in [1.807, 2.05) is 26.8 Å². The maximum Gasteiger partial charge on any atom is 0.319 e. The maximum atomic E-state index is 11.9. The molecule has 1 aromatic carbocycles. The molecule has 2 amide bonds. The first-order valence-electron chi connectivity index (χ1n) is 8.02. The second-order valence-electron chi connectivity index (χ2n) is 5.51. The molecule has 130 valence electrons. The summed E-state index contributed by atoms with van der Waals surface area (Å²) in [6.45, 7) is 6.53. The van der Waals surface area contributed by atoms with Crippen molar-refractivity contribution in [3.8, 4) is 5.75 Å². The zero-order valence-corrected chi connectivity index (χ0v) is 14.3. The summed E-state index contributed by atoms with van der Waals surface area (Å²) in [5.74, 6) is 2.24. The minimum absolute atomic E-state index is 0.313. The number of nitrogens with one attached hydrogen (secondary N) is 2. The molecular weight excluding hydrogens is 308 g/mol. The van der Waals surface area contributed by atoms with Gasteiger partial charge in [-0.05, 0) is 57.5 Å². The highest BCUT2D eigenvalue weighted by Gasteiger charge is 2.14. The number of benzene rings is 1. The van der Waals surface area contributed by atoms with Crippen molar-refractivity contribution in [2.24, 2.45) is 0 Å². The Morgan fingerprint density at radius 3 is 2.58 bits per heavy atom. The van der Waals surface area contributed by atoms with Crippen LogP contribution in [0.15, 0.2) is 34.7 Å². The molecule has 3 N–H and O–H groups in total. The summed E-state index contributed by atoms with van der Waals surface area (Å²) in [7, 11) is 0. The lowest BCUT2D eigenvalue weighted by molar-refractivity contribution is 0.165. The first kappa shape index (κ1) is 17.9. The molecule has 0 radical (unpaired) electrons. The van der Waals surface area contributed by atoms with Crippen LogP contribution in [-0.2, 0) is 0 Å². The maximum absolute atomic E-state index is 11.9. The predicted octanol–water partition coefficient (Wildman–Crippen LogP) is 3.54. The molecule has 0 saturated heterocycles. The monoisotopic (exact) mass is 332 g/mol. The van der Waals surface area contributed by atoms with Gasteiger partial charge in [-0.25, -0.2) is 4.79 Å². The minimum Gasteiger partial charge on any atom is -0.494 e. The molecular formula is C18H24N2O4. The van der Waals surface area contributed by atoms with Crippen LogP contribution in [0.2, 0.25) is 0 Å². The van der Waals surface area contributed by atoms with Gasteiger partial charge in [-0.1, -0.05) is 0 Å². The Bertz CT molecular complexity index is 664. The fourth-order valence-corrected chi connectivity index (χ4v) is 2.44. The van der Waals surface area contributed by atoms with E-state index < -0.39 is 6.10 Å². The third-order valence-electron chi connectivity index (χ3n) is 3.56. The smallest absolute Gasteiger partial charge is 0.319 e. The number of amides is 2. The van der Waals surface area contributed by atoms with Crippen LogP contribution >= 0.6 is 0 Å². The molecule has 1 atom stereocenters. The number of ether oxygens (including phenoxy) is 1. The fraction of sp³-hybridized carbons (Fsp3) is 0.389. The lowest BCUT2D eigenvalue weighted by Crippen LogP contribution is -2.30. The van der Waals surface area contributed by atoms with Gasteiger partial charge in [0.25, 0.3) is 0 Å². The lowest BCUT2D eigenvalue weighted by atomic mass is 10.1. The van der Waals surface area contributed by atoms with E-state index >= 15 is 0 Å². The van der Waals surface area contributed by atoms with Crippen molar-refractivity contribution in [2.45, 2.75) is 33.3 Å². The van der Waals surface area contributed by atoms with Crippen LogP contribution in [0.5, 0.6) is 5.75 Å². The Morgan fingerprint density at radius 1 is 1.29 bits per heavy atom. The molecule has 24 heavy (non-hydrogen) atoms. The summed E-state index contributed by atoms with van der Waals surface area (Å²) < 4.78 is 10.7. The van der Waals surface area contributed by atoms with Gasteiger partial charge in [-0.3, -0.25) is 0 Å². The Hall–Kier alpha value is -2.47. The standard InChI is InChI=1S/C18H24N2O4/c1-4-23-15-7-5-14(6-8-15)20-18(22)19-10-9-17(21)16-11-12(2)24-13(16)3/h5-8,11,17,21H,4,9-10H2,1-3H3,(H2,19,20,22). The summed E-state index contributed by atoms with van der Waals surface area (Å²) in [6, 6.07) is 8.65. The Morgan fingerprint density at radius 2 is 2.00 bits per heavy atom. The van der Waals surface area contributed by atoms with Gasteiger partial charge in [0.05, 0.1) is 12.7 Å². The van der Waals surface area contributed by atoms with E-state index in [9.17, 15) is 9.90 Å². The average Bonchev–Trinajstić information content (AvgIpc) is 2.88. The highest BCUT2D eigenvalue weighted by Crippen LogP contribution is 2.23. The molecule has 1 unspecified atom stereocenters. The average molecular weight is 332 g/mol. The molecule has 2 rings (SSSR count). The van der Waals surface area contributed by atoms with Gasteiger partial charge in [0.1, 0.15) is 17.3 Å². The number of rotatable bonds is 7. The lowest BCUT2D eigenvalue weighted by Gasteiger charge is -2.11. The number of hydrogen-bond donors (Lipinski definition) is 3.